The van der Waals surface area contributed by atoms with E-state index in [2.05, 4.69) is 10.6 Å². The largest absolute Gasteiger partial charge is 0.452 e. The van der Waals surface area contributed by atoms with E-state index in [1.165, 1.54) is 0 Å². The summed E-state index contributed by atoms with van der Waals surface area (Å²) in [5.74, 6) is -1.34. The fourth-order valence-corrected chi connectivity index (χ4v) is 2.19. The van der Waals surface area contributed by atoms with Gasteiger partial charge in [-0.2, -0.15) is 0 Å². The molecule has 0 aromatic heterocycles. The quantitative estimate of drug-likeness (QED) is 0.769. The van der Waals surface area contributed by atoms with Crippen molar-refractivity contribution in [1.29, 1.82) is 0 Å². The number of carbonyl (C=O) groups is 3. The summed E-state index contributed by atoms with van der Waals surface area (Å²) < 4.78 is 5.00. The third-order valence-electron chi connectivity index (χ3n) is 3.04. The van der Waals surface area contributed by atoms with Crippen LogP contribution in [0.3, 0.4) is 0 Å². The van der Waals surface area contributed by atoms with E-state index in [9.17, 15) is 14.4 Å². The molecule has 0 heterocycles. The van der Waals surface area contributed by atoms with Gasteiger partial charge in [-0.1, -0.05) is 17.7 Å². The van der Waals surface area contributed by atoms with Crippen molar-refractivity contribution in [2.24, 2.45) is 0 Å². The van der Waals surface area contributed by atoms with Crippen LogP contribution in [0.4, 0.5) is 0 Å². The normalized spacial score (nSPS) is 10.0. The zero-order valence-electron chi connectivity index (χ0n) is 13.4. The number of rotatable bonds is 6. The Morgan fingerprint density at radius 2 is 1.59 bits per heavy atom. The molecule has 0 saturated carbocycles. The Labute approximate surface area is 130 Å². The van der Waals surface area contributed by atoms with Gasteiger partial charge in [0.1, 0.15) is 0 Å². The van der Waals surface area contributed by atoms with Gasteiger partial charge in [-0.05, 0) is 38.8 Å². The second-order valence-electron chi connectivity index (χ2n) is 5.08. The molecule has 6 heteroatoms. The SMILES string of the molecule is CCNC(=O)CNC(=O)COC(=O)c1c(C)cc(C)cc1C. The predicted molar refractivity (Wildman–Crippen MR) is 82.6 cm³/mol. The van der Waals surface area contributed by atoms with E-state index < -0.39 is 18.5 Å². The van der Waals surface area contributed by atoms with Crippen molar-refractivity contribution >= 4 is 17.8 Å². The maximum absolute atomic E-state index is 12.1. The van der Waals surface area contributed by atoms with Crippen molar-refractivity contribution in [3.63, 3.8) is 0 Å². The molecular weight excluding hydrogens is 284 g/mol. The second-order valence-corrected chi connectivity index (χ2v) is 5.08. The number of hydrogen-bond donors (Lipinski definition) is 2. The highest BCUT2D eigenvalue weighted by molar-refractivity contribution is 5.94. The van der Waals surface area contributed by atoms with E-state index >= 15 is 0 Å². The van der Waals surface area contributed by atoms with Crippen LogP contribution in [0.15, 0.2) is 12.1 Å². The van der Waals surface area contributed by atoms with E-state index in [-0.39, 0.29) is 12.5 Å². The Bertz CT molecular complexity index is 559. The van der Waals surface area contributed by atoms with Gasteiger partial charge in [-0.3, -0.25) is 9.59 Å². The van der Waals surface area contributed by atoms with Gasteiger partial charge in [0.05, 0.1) is 12.1 Å². The summed E-state index contributed by atoms with van der Waals surface area (Å²) in [7, 11) is 0. The molecule has 0 fully saturated rings. The molecule has 0 aliphatic rings. The number of hydrogen-bond acceptors (Lipinski definition) is 4. The molecule has 0 aliphatic carbocycles. The van der Waals surface area contributed by atoms with Crippen LogP contribution >= 0.6 is 0 Å². The fourth-order valence-electron chi connectivity index (χ4n) is 2.19. The highest BCUT2D eigenvalue weighted by Gasteiger charge is 2.16. The Morgan fingerprint density at radius 3 is 2.14 bits per heavy atom. The minimum atomic E-state index is -0.539. The molecule has 1 aromatic rings. The minimum Gasteiger partial charge on any atom is -0.452 e. The fraction of sp³-hybridized carbons (Fsp3) is 0.438. The van der Waals surface area contributed by atoms with Gasteiger partial charge in [0.2, 0.25) is 5.91 Å². The molecule has 2 N–H and O–H groups in total. The Kier molecular flexibility index (Phi) is 6.56. The Balaban J connectivity index is 2.53. The van der Waals surface area contributed by atoms with E-state index in [0.717, 1.165) is 16.7 Å². The monoisotopic (exact) mass is 306 g/mol. The molecule has 0 atom stereocenters. The van der Waals surface area contributed by atoms with Crippen molar-refractivity contribution < 1.29 is 19.1 Å². The standard InChI is InChI=1S/C16H22N2O4/c1-5-17-13(19)8-18-14(20)9-22-16(21)15-11(3)6-10(2)7-12(15)4/h6-7H,5,8-9H2,1-4H3,(H,17,19)(H,18,20). The van der Waals surface area contributed by atoms with E-state index in [4.69, 9.17) is 4.74 Å². The van der Waals surface area contributed by atoms with Gasteiger partial charge in [-0.25, -0.2) is 4.79 Å². The lowest BCUT2D eigenvalue weighted by Crippen LogP contribution is -2.38. The molecule has 1 aromatic carbocycles. The number of aryl methyl sites for hydroxylation is 3. The molecule has 0 bridgehead atoms. The number of nitrogens with one attached hydrogen (secondary N) is 2. The lowest BCUT2D eigenvalue weighted by molar-refractivity contribution is -0.127. The van der Waals surface area contributed by atoms with Crippen LogP contribution in [0.5, 0.6) is 0 Å². The third-order valence-corrected chi connectivity index (χ3v) is 3.04. The van der Waals surface area contributed by atoms with Crippen LogP contribution in [-0.2, 0) is 14.3 Å². The van der Waals surface area contributed by atoms with Gasteiger partial charge in [0, 0.05) is 6.54 Å². The number of benzene rings is 1. The first-order valence-corrected chi connectivity index (χ1v) is 7.13. The summed E-state index contributed by atoms with van der Waals surface area (Å²) in [6, 6.07) is 3.78. The summed E-state index contributed by atoms with van der Waals surface area (Å²) in [6.07, 6.45) is 0. The van der Waals surface area contributed by atoms with Gasteiger partial charge in [-0.15, -0.1) is 0 Å². The lowest BCUT2D eigenvalue weighted by Gasteiger charge is -2.11. The van der Waals surface area contributed by atoms with Crippen molar-refractivity contribution in [3.8, 4) is 0 Å². The Hall–Kier alpha value is -2.37. The van der Waals surface area contributed by atoms with Crippen LogP contribution in [0, 0.1) is 20.8 Å². The Morgan fingerprint density at radius 1 is 1.00 bits per heavy atom. The van der Waals surface area contributed by atoms with Gasteiger partial charge >= 0.3 is 5.97 Å². The number of esters is 1. The molecule has 0 unspecified atom stereocenters. The van der Waals surface area contributed by atoms with Crippen molar-refractivity contribution in [1.82, 2.24) is 10.6 Å². The highest BCUT2D eigenvalue weighted by Crippen LogP contribution is 2.17. The smallest absolute Gasteiger partial charge is 0.339 e. The third kappa shape index (κ3) is 5.20. The highest BCUT2D eigenvalue weighted by atomic mass is 16.5. The maximum Gasteiger partial charge on any atom is 0.339 e. The number of amides is 2. The zero-order valence-corrected chi connectivity index (χ0v) is 13.4. The maximum atomic E-state index is 12.1. The van der Waals surface area contributed by atoms with Crippen LogP contribution in [0.1, 0.15) is 34.0 Å². The van der Waals surface area contributed by atoms with Crippen LogP contribution in [0.2, 0.25) is 0 Å². The summed E-state index contributed by atoms with van der Waals surface area (Å²) in [6.45, 7) is 7.34. The summed E-state index contributed by atoms with van der Waals surface area (Å²) >= 11 is 0. The summed E-state index contributed by atoms with van der Waals surface area (Å²) in [5, 5.41) is 4.93. The van der Waals surface area contributed by atoms with Crippen molar-refractivity contribution in [2.45, 2.75) is 27.7 Å². The molecule has 0 spiro atoms. The molecule has 22 heavy (non-hydrogen) atoms. The lowest BCUT2D eigenvalue weighted by atomic mass is 10.00. The first-order chi connectivity index (χ1) is 10.3. The van der Waals surface area contributed by atoms with Gasteiger partial charge in [0.15, 0.2) is 6.61 Å². The number of carbonyl (C=O) groups excluding carboxylic acids is 3. The number of likely N-dealkylation sites (N-methyl/N-ethyl adjacent to an activating group) is 1. The van der Waals surface area contributed by atoms with Gasteiger partial charge in [0.25, 0.3) is 5.91 Å². The second kappa shape index (κ2) is 8.17. The molecular formula is C16H22N2O4. The zero-order chi connectivity index (χ0) is 16.7. The van der Waals surface area contributed by atoms with Crippen molar-refractivity contribution in [3.05, 3.63) is 34.4 Å². The molecule has 0 saturated heterocycles. The average Bonchev–Trinajstić information content (AvgIpc) is 2.42. The molecule has 120 valence electrons. The molecule has 0 radical (unpaired) electrons. The molecule has 6 nitrogen and oxygen atoms in total. The van der Waals surface area contributed by atoms with E-state index in [1.54, 1.807) is 6.92 Å². The van der Waals surface area contributed by atoms with E-state index in [0.29, 0.717) is 12.1 Å². The summed E-state index contributed by atoms with van der Waals surface area (Å²) in [5.41, 5.74) is 3.16. The minimum absolute atomic E-state index is 0.132. The topological polar surface area (TPSA) is 84.5 Å². The molecule has 2 amide bonds. The van der Waals surface area contributed by atoms with Crippen molar-refractivity contribution in [2.75, 3.05) is 19.7 Å². The van der Waals surface area contributed by atoms with Crippen LogP contribution in [-0.4, -0.2) is 37.5 Å². The molecule has 0 aliphatic heterocycles. The van der Waals surface area contributed by atoms with Crippen LogP contribution < -0.4 is 10.6 Å². The first-order valence-electron chi connectivity index (χ1n) is 7.13. The van der Waals surface area contributed by atoms with Crippen LogP contribution in [0.25, 0.3) is 0 Å². The predicted octanol–water partition coefficient (Wildman–Crippen LogP) is 1.02. The molecule has 1 rings (SSSR count). The van der Waals surface area contributed by atoms with E-state index in [1.807, 2.05) is 32.9 Å². The first kappa shape index (κ1) is 17.7. The number of ether oxygens (including phenoxy) is 1. The average molecular weight is 306 g/mol. The summed E-state index contributed by atoms with van der Waals surface area (Å²) in [4.78, 5) is 34.8. The van der Waals surface area contributed by atoms with Gasteiger partial charge < -0.3 is 15.4 Å².